The Balaban J connectivity index is 1.82. The third kappa shape index (κ3) is 4.73. The Hall–Kier alpha value is -2.34. The number of amides is 1. The zero-order valence-corrected chi connectivity index (χ0v) is 16.8. The lowest BCUT2D eigenvalue weighted by Crippen LogP contribution is -2.37. The fraction of sp³-hybridized carbons (Fsp3) is 0.318. The van der Waals surface area contributed by atoms with Crippen molar-refractivity contribution >= 4 is 28.4 Å². The van der Waals surface area contributed by atoms with Gasteiger partial charge in [-0.25, -0.2) is 0 Å². The summed E-state index contributed by atoms with van der Waals surface area (Å²) in [5, 5.41) is 4.80. The Kier molecular flexibility index (Phi) is 7.09. The first kappa shape index (κ1) is 20.4. The maximum absolute atomic E-state index is 12.5. The second kappa shape index (κ2) is 9.73. The minimum Gasteiger partial charge on any atom is -0.382 e. The molecule has 2 N–H and O–H groups in total. The van der Waals surface area contributed by atoms with Crippen LogP contribution < -0.4 is 5.32 Å². The van der Waals surface area contributed by atoms with Gasteiger partial charge in [0.25, 0.3) is 0 Å². The first-order valence-electron chi connectivity index (χ1n) is 9.30. The number of methoxy groups -OCH3 is 1. The molecule has 0 fully saturated rings. The molecule has 0 aliphatic carbocycles. The monoisotopic (exact) mass is 400 g/mol. The molecule has 1 heterocycles. The maximum Gasteiger partial charge on any atom is 0.248 e. The first-order chi connectivity index (χ1) is 13.6. The van der Waals surface area contributed by atoms with Gasteiger partial charge in [-0.15, -0.1) is 0 Å². The molecule has 2 aromatic carbocycles. The molecule has 0 aliphatic rings. The van der Waals surface area contributed by atoms with Crippen LogP contribution in [-0.4, -0.2) is 43.9 Å². The van der Waals surface area contributed by atoms with E-state index >= 15 is 0 Å². The molecule has 0 radical (unpaired) electrons. The van der Waals surface area contributed by atoms with E-state index in [-0.39, 0.29) is 11.8 Å². The topological polar surface area (TPSA) is 63.4 Å². The zero-order chi connectivity index (χ0) is 19.9. The Bertz CT molecular complexity index is 925. The molecule has 0 saturated heterocycles. The summed E-state index contributed by atoms with van der Waals surface area (Å²) in [5.74, 6) is -0.243. The van der Waals surface area contributed by atoms with E-state index < -0.39 is 6.10 Å². The Labute approximate surface area is 170 Å². The van der Waals surface area contributed by atoms with Crippen LogP contribution in [0.3, 0.4) is 0 Å². The number of aromatic nitrogens is 1. The summed E-state index contributed by atoms with van der Waals surface area (Å²) < 4.78 is 10.5. The number of carbonyl (C=O) groups is 1. The van der Waals surface area contributed by atoms with Crippen LogP contribution in [0, 0.1) is 0 Å². The second-order valence-corrected chi connectivity index (χ2v) is 7.02. The molecule has 2 atom stereocenters. The molecule has 1 aromatic heterocycles. The number of ether oxygens (including phenoxy) is 2. The predicted octanol–water partition coefficient (Wildman–Crippen LogP) is 4.12. The number of para-hydroxylation sites is 1. The molecule has 148 valence electrons. The summed E-state index contributed by atoms with van der Waals surface area (Å²) in [5.41, 5.74) is 3.12. The van der Waals surface area contributed by atoms with Crippen molar-refractivity contribution in [2.24, 2.45) is 0 Å². The van der Waals surface area contributed by atoms with Gasteiger partial charge in [-0.2, -0.15) is 0 Å². The van der Waals surface area contributed by atoms with E-state index in [0.29, 0.717) is 24.8 Å². The fourth-order valence-electron chi connectivity index (χ4n) is 3.26. The molecule has 0 spiro atoms. The van der Waals surface area contributed by atoms with Gasteiger partial charge < -0.3 is 19.8 Å². The van der Waals surface area contributed by atoms with Crippen molar-refractivity contribution in [3.05, 3.63) is 70.9 Å². The lowest BCUT2D eigenvalue weighted by molar-refractivity contribution is -0.132. The quantitative estimate of drug-likeness (QED) is 0.531. The van der Waals surface area contributed by atoms with Crippen molar-refractivity contribution in [1.29, 1.82) is 0 Å². The molecular weight excluding hydrogens is 376 g/mol. The number of benzene rings is 2. The van der Waals surface area contributed by atoms with Gasteiger partial charge in [-0.1, -0.05) is 48.0 Å². The van der Waals surface area contributed by atoms with Crippen LogP contribution >= 0.6 is 11.6 Å². The van der Waals surface area contributed by atoms with E-state index in [2.05, 4.69) is 16.4 Å². The highest BCUT2D eigenvalue weighted by Gasteiger charge is 2.22. The highest BCUT2D eigenvalue weighted by molar-refractivity contribution is 6.31. The van der Waals surface area contributed by atoms with Crippen molar-refractivity contribution in [3.63, 3.8) is 0 Å². The number of H-pyrrole nitrogens is 1. The van der Waals surface area contributed by atoms with Crippen molar-refractivity contribution in [1.82, 2.24) is 10.3 Å². The summed E-state index contributed by atoms with van der Waals surface area (Å²) in [6.07, 6.45) is 1.44. The number of carbonyl (C=O) groups excluding carboxylic acids is 1. The van der Waals surface area contributed by atoms with Crippen LogP contribution in [0.5, 0.6) is 0 Å². The molecule has 3 rings (SSSR count). The predicted molar refractivity (Wildman–Crippen MR) is 112 cm³/mol. The van der Waals surface area contributed by atoms with Gasteiger partial charge in [-0.05, 0) is 30.2 Å². The number of halogens is 1. The van der Waals surface area contributed by atoms with E-state index in [9.17, 15) is 4.79 Å². The number of aromatic amines is 1. The van der Waals surface area contributed by atoms with Crippen LogP contribution in [0.2, 0.25) is 5.02 Å². The molecule has 0 bridgehead atoms. The molecule has 1 amide bonds. The van der Waals surface area contributed by atoms with Gasteiger partial charge in [-0.3, -0.25) is 4.79 Å². The number of fused-ring (bicyclic) bond motifs is 1. The highest BCUT2D eigenvalue weighted by Crippen LogP contribution is 2.34. The molecule has 2 unspecified atom stereocenters. The number of hydrogen-bond donors (Lipinski definition) is 2. The molecule has 28 heavy (non-hydrogen) atoms. The molecule has 6 heteroatoms. The minimum atomic E-state index is -0.551. The van der Waals surface area contributed by atoms with Gasteiger partial charge >= 0.3 is 0 Å². The lowest BCUT2D eigenvalue weighted by atomic mass is 9.90. The molecule has 5 nitrogen and oxygen atoms in total. The second-order valence-electron chi connectivity index (χ2n) is 6.61. The average Bonchev–Trinajstić information content (AvgIpc) is 3.13. The summed E-state index contributed by atoms with van der Waals surface area (Å²) >= 11 is 6.49. The third-order valence-electron chi connectivity index (χ3n) is 4.78. The van der Waals surface area contributed by atoms with Gasteiger partial charge in [0.2, 0.25) is 5.91 Å². The highest BCUT2D eigenvalue weighted by atomic mass is 35.5. The zero-order valence-electron chi connectivity index (χ0n) is 16.1. The fourth-order valence-corrected chi connectivity index (χ4v) is 3.53. The molecule has 3 aromatic rings. The Morgan fingerprint density at radius 1 is 1.11 bits per heavy atom. The summed E-state index contributed by atoms with van der Waals surface area (Å²) in [7, 11) is 1.60. The maximum atomic E-state index is 12.5. The number of hydrogen-bond acceptors (Lipinski definition) is 3. The van der Waals surface area contributed by atoms with E-state index in [1.807, 2.05) is 48.7 Å². The Morgan fingerprint density at radius 3 is 2.64 bits per heavy atom. The number of rotatable bonds is 9. The SMILES string of the molecule is COCCOC(C)C(=O)NCC(c1ccccc1Cl)c1c[nH]c2ccccc12. The van der Waals surface area contributed by atoms with Gasteiger partial charge in [0.1, 0.15) is 6.10 Å². The molecule has 0 aliphatic heterocycles. The van der Waals surface area contributed by atoms with Crippen LogP contribution in [-0.2, 0) is 14.3 Å². The normalized spacial score (nSPS) is 13.4. The van der Waals surface area contributed by atoms with Crippen LogP contribution in [0.4, 0.5) is 0 Å². The van der Waals surface area contributed by atoms with E-state index in [1.54, 1.807) is 14.0 Å². The Morgan fingerprint density at radius 2 is 1.86 bits per heavy atom. The van der Waals surface area contributed by atoms with E-state index in [0.717, 1.165) is 22.0 Å². The summed E-state index contributed by atoms with van der Waals surface area (Å²) in [6.45, 7) is 2.99. The van der Waals surface area contributed by atoms with E-state index in [4.69, 9.17) is 21.1 Å². The summed E-state index contributed by atoms with van der Waals surface area (Å²) in [6, 6.07) is 15.8. The largest absolute Gasteiger partial charge is 0.382 e. The van der Waals surface area contributed by atoms with Gasteiger partial charge in [0.05, 0.1) is 13.2 Å². The summed E-state index contributed by atoms with van der Waals surface area (Å²) in [4.78, 5) is 15.8. The van der Waals surface area contributed by atoms with E-state index in [1.165, 1.54) is 0 Å². The van der Waals surface area contributed by atoms with Crippen molar-refractivity contribution in [2.45, 2.75) is 18.9 Å². The standard InChI is InChI=1S/C22H25ClN2O3/c1-15(28-12-11-27-2)22(26)25-14-18(16-7-3-5-9-20(16)23)19-13-24-21-10-6-4-8-17(19)21/h3-10,13,15,18,24H,11-12,14H2,1-2H3,(H,25,26). The van der Waals surface area contributed by atoms with Gasteiger partial charge in [0.15, 0.2) is 0 Å². The van der Waals surface area contributed by atoms with Crippen molar-refractivity contribution < 1.29 is 14.3 Å². The van der Waals surface area contributed by atoms with Crippen LogP contribution in [0.1, 0.15) is 24.0 Å². The third-order valence-corrected chi connectivity index (χ3v) is 5.13. The average molecular weight is 401 g/mol. The van der Waals surface area contributed by atoms with Crippen molar-refractivity contribution in [2.75, 3.05) is 26.9 Å². The van der Waals surface area contributed by atoms with Crippen LogP contribution in [0.25, 0.3) is 10.9 Å². The van der Waals surface area contributed by atoms with Crippen molar-refractivity contribution in [3.8, 4) is 0 Å². The van der Waals surface area contributed by atoms with Crippen LogP contribution in [0.15, 0.2) is 54.7 Å². The molecule has 0 saturated carbocycles. The van der Waals surface area contributed by atoms with Gasteiger partial charge in [0, 0.05) is 41.7 Å². The molecular formula is C22H25ClN2O3. The number of nitrogens with one attached hydrogen (secondary N) is 2. The first-order valence-corrected chi connectivity index (χ1v) is 9.68. The minimum absolute atomic E-state index is 0.0834. The smallest absolute Gasteiger partial charge is 0.248 e. The lowest BCUT2D eigenvalue weighted by Gasteiger charge is -2.21.